The monoisotopic (exact) mass is 284 g/mol. The Morgan fingerprint density at radius 3 is 2.48 bits per heavy atom. The average Bonchev–Trinajstić information content (AvgIpc) is 2.78. The predicted octanol–water partition coefficient (Wildman–Crippen LogP) is 3.65. The van der Waals surface area contributed by atoms with Crippen LogP contribution in [0.1, 0.15) is 18.1 Å². The highest BCUT2D eigenvalue weighted by atomic mass is 19.1. The van der Waals surface area contributed by atoms with Crippen molar-refractivity contribution >= 4 is 23.1 Å². The topological polar surface area (TPSA) is 13.1 Å². The van der Waals surface area contributed by atoms with Crippen molar-refractivity contribution in [2.45, 2.75) is 13.8 Å². The summed E-state index contributed by atoms with van der Waals surface area (Å²) in [6, 6.07) is 8.94. The minimum Gasteiger partial charge on any atom is -0.456 e. The van der Waals surface area contributed by atoms with Crippen LogP contribution in [0.5, 0.6) is 0 Å². The molecule has 0 saturated heterocycles. The van der Waals surface area contributed by atoms with Crippen LogP contribution in [0.3, 0.4) is 0 Å². The molecule has 0 bridgehead atoms. The van der Waals surface area contributed by atoms with E-state index in [1.807, 2.05) is 13.8 Å². The lowest BCUT2D eigenvalue weighted by Crippen LogP contribution is -2.21. The normalized spacial score (nSPS) is 12.8. The quantitative estimate of drug-likeness (QED) is 0.665. The molecule has 1 aromatic heterocycles. The summed E-state index contributed by atoms with van der Waals surface area (Å²) in [5.74, 6) is -0.637. The zero-order chi connectivity index (χ0) is 15.1. The van der Waals surface area contributed by atoms with Crippen LogP contribution in [0.25, 0.3) is 23.1 Å². The summed E-state index contributed by atoms with van der Waals surface area (Å²) in [4.78, 5) is 0. The fourth-order valence-corrected chi connectivity index (χ4v) is 2.54. The second-order valence-electron chi connectivity index (χ2n) is 5.13. The van der Waals surface area contributed by atoms with Crippen molar-refractivity contribution in [1.82, 2.24) is 0 Å². The molecule has 3 heteroatoms. The molecule has 0 aliphatic rings. The van der Waals surface area contributed by atoms with Crippen LogP contribution < -0.4 is 10.6 Å². The highest BCUT2D eigenvalue weighted by Gasteiger charge is 2.09. The van der Waals surface area contributed by atoms with Gasteiger partial charge in [-0.25, -0.2) is 8.78 Å². The van der Waals surface area contributed by atoms with Crippen molar-refractivity contribution in [3.8, 4) is 0 Å². The van der Waals surface area contributed by atoms with Gasteiger partial charge in [0.1, 0.15) is 22.6 Å². The Balaban J connectivity index is 2.39. The maximum absolute atomic E-state index is 13.5. The Morgan fingerprint density at radius 2 is 1.71 bits per heavy atom. The standard InChI is InChI=1S/C18H14F2O/c1-10-4-5-13(19)8-15(10)11(2)18-12(3)16-9-14(20)6-7-17(16)21-18/h4-9H,3H2,1-2H3/b18-11+. The first kappa shape index (κ1) is 13.6. The third-order valence-corrected chi connectivity index (χ3v) is 3.70. The molecular weight excluding hydrogens is 270 g/mol. The Labute approximate surface area is 120 Å². The zero-order valence-corrected chi connectivity index (χ0v) is 11.8. The Bertz CT molecular complexity index is 951. The van der Waals surface area contributed by atoms with E-state index in [4.69, 9.17) is 4.42 Å². The SMILES string of the molecule is C=c1/c(=C(/C)c2cc(F)ccc2C)oc2ccc(F)cc12. The first-order valence-electron chi connectivity index (χ1n) is 6.62. The van der Waals surface area contributed by atoms with Crippen molar-refractivity contribution in [1.29, 1.82) is 0 Å². The lowest BCUT2D eigenvalue weighted by molar-refractivity contribution is 0.570. The van der Waals surface area contributed by atoms with Crippen molar-refractivity contribution < 1.29 is 13.2 Å². The molecule has 0 fully saturated rings. The summed E-state index contributed by atoms with van der Waals surface area (Å²) in [6.45, 7) is 7.73. The van der Waals surface area contributed by atoms with Gasteiger partial charge in [0.15, 0.2) is 0 Å². The molecule has 2 aromatic carbocycles. The summed E-state index contributed by atoms with van der Waals surface area (Å²) in [5, 5.41) is 1.25. The van der Waals surface area contributed by atoms with E-state index in [0.717, 1.165) is 16.7 Å². The Kier molecular flexibility index (Phi) is 3.13. The van der Waals surface area contributed by atoms with Gasteiger partial charge in [-0.05, 0) is 60.9 Å². The van der Waals surface area contributed by atoms with Crippen LogP contribution in [0.4, 0.5) is 8.78 Å². The van der Waals surface area contributed by atoms with Gasteiger partial charge >= 0.3 is 0 Å². The van der Waals surface area contributed by atoms with Gasteiger partial charge < -0.3 is 4.42 Å². The second-order valence-corrected chi connectivity index (χ2v) is 5.13. The number of hydrogen-bond donors (Lipinski definition) is 0. The molecule has 0 N–H and O–H groups in total. The van der Waals surface area contributed by atoms with Gasteiger partial charge in [-0.1, -0.05) is 12.6 Å². The van der Waals surface area contributed by atoms with Gasteiger partial charge in [0.05, 0.1) is 0 Å². The third kappa shape index (κ3) is 2.25. The molecular formula is C18H14F2O. The van der Waals surface area contributed by atoms with E-state index < -0.39 is 0 Å². The van der Waals surface area contributed by atoms with Crippen molar-refractivity contribution in [2.24, 2.45) is 0 Å². The van der Waals surface area contributed by atoms with E-state index in [1.165, 1.54) is 24.3 Å². The van der Waals surface area contributed by atoms with Gasteiger partial charge in [-0.2, -0.15) is 0 Å². The van der Waals surface area contributed by atoms with E-state index in [0.29, 0.717) is 21.6 Å². The third-order valence-electron chi connectivity index (χ3n) is 3.70. The number of hydrogen-bond acceptors (Lipinski definition) is 1. The Hall–Kier alpha value is -2.42. The van der Waals surface area contributed by atoms with E-state index in [1.54, 1.807) is 12.1 Å². The maximum Gasteiger partial charge on any atom is 0.138 e. The molecule has 0 unspecified atom stereocenters. The molecule has 106 valence electrons. The van der Waals surface area contributed by atoms with Crippen LogP contribution in [-0.4, -0.2) is 0 Å². The summed E-state index contributed by atoms with van der Waals surface area (Å²) < 4.78 is 32.6. The van der Waals surface area contributed by atoms with Crippen LogP contribution in [0, 0.1) is 18.6 Å². The number of aryl methyl sites for hydroxylation is 1. The zero-order valence-electron chi connectivity index (χ0n) is 11.8. The average molecular weight is 284 g/mol. The summed E-state index contributed by atoms with van der Waals surface area (Å²) in [6.07, 6.45) is 0. The highest BCUT2D eigenvalue weighted by molar-refractivity contribution is 5.79. The largest absolute Gasteiger partial charge is 0.456 e. The number of halogens is 2. The molecule has 0 aliphatic heterocycles. The lowest BCUT2D eigenvalue weighted by atomic mass is 10.0. The molecule has 3 aromatic rings. The molecule has 0 amide bonds. The van der Waals surface area contributed by atoms with Gasteiger partial charge in [-0.3, -0.25) is 0 Å². The molecule has 1 heterocycles. The number of fused-ring (bicyclic) bond motifs is 1. The van der Waals surface area contributed by atoms with E-state index in [-0.39, 0.29) is 11.6 Å². The van der Waals surface area contributed by atoms with Crippen LogP contribution in [0.15, 0.2) is 40.8 Å². The smallest absolute Gasteiger partial charge is 0.138 e. The Morgan fingerprint density at radius 1 is 1.05 bits per heavy atom. The predicted molar refractivity (Wildman–Crippen MR) is 80.3 cm³/mol. The minimum atomic E-state index is -0.334. The molecule has 0 aliphatic carbocycles. The molecule has 0 atom stereocenters. The summed E-state index contributed by atoms with van der Waals surface area (Å²) in [7, 11) is 0. The minimum absolute atomic E-state index is 0.303. The van der Waals surface area contributed by atoms with Gasteiger partial charge in [0.25, 0.3) is 0 Å². The lowest BCUT2D eigenvalue weighted by Gasteiger charge is -2.04. The second kappa shape index (κ2) is 4.85. The molecule has 1 nitrogen and oxygen atoms in total. The number of furan rings is 1. The molecule has 3 rings (SSSR count). The van der Waals surface area contributed by atoms with E-state index in [2.05, 4.69) is 6.58 Å². The van der Waals surface area contributed by atoms with Crippen LogP contribution in [-0.2, 0) is 0 Å². The maximum atomic E-state index is 13.5. The first-order chi connectivity index (χ1) is 9.97. The van der Waals surface area contributed by atoms with Crippen LogP contribution in [0.2, 0.25) is 0 Å². The van der Waals surface area contributed by atoms with Crippen molar-refractivity contribution in [3.63, 3.8) is 0 Å². The highest BCUT2D eigenvalue weighted by Crippen LogP contribution is 2.18. The fourth-order valence-electron chi connectivity index (χ4n) is 2.54. The van der Waals surface area contributed by atoms with E-state index in [9.17, 15) is 8.78 Å². The summed E-state index contributed by atoms with van der Waals surface area (Å²) >= 11 is 0. The number of rotatable bonds is 1. The van der Waals surface area contributed by atoms with Crippen molar-refractivity contribution in [2.75, 3.05) is 0 Å². The molecule has 0 radical (unpaired) electrons. The van der Waals surface area contributed by atoms with Gasteiger partial charge in [0, 0.05) is 10.6 Å². The summed E-state index contributed by atoms with van der Waals surface area (Å²) in [5.41, 5.74) is 3.63. The first-order valence-corrected chi connectivity index (χ1v) is 6.62. The van der Waals surface area contributed by atoms with Crippen LogP contribution >= 0.6 is 0 Å². The molecule has 21 heavy (non-hydrogen) atoms. The van der Waals surface area contributed by atoms with Crippen molar-refractivity contribution in [3.05, 3.63) is 69.8 Å². The van der Waals surface area contributed by atoms with E-state index >= 15 is 0 Å². The molecule has 0 saturated carbocycles. The molecule has 0 spiro atoms. The van der Waals surface area contributed by atoms with Gasteiger partial charge in [-0.15, -0.1) is 0 Å². The van der Waals surface area contributed by atoms with Gasteiger partial charge in [0.2, 0.25) is 0 Å². The number of benzene rings is 2. The fraction of sp³-hybridized carbons (Fsp3) is 0.111.